The first-order chi connectivity index (χ1) is 13.4. The summed E-state index contributed by atoms with van der Waals surface area (Å²) in [6, 6.07) is 1.56. The molecule has 1 N–H and O–H groups in total. The number of oxazole rings is 1. The van der Waals surface area contributed by atoms with E-state index >= 15 is 0 Å². The van der Waals surface area contributed by atoms with Crippen LogP contribution in [0.25, 0.3) is 0 Å². The average molecular weight is 426 g/mol. The summed E-state index contributed by atoms with van der Waals surface area (Å²) in [5.74, 6) is 0.351. The van der Waals surface area contributed by atoms with Crippen LogP contribution in [-0.4, -0.2) is 48.2 Å². The van der Waals surface area contributed by atoms with Crippen LogP contribution in [0.1, 0.15) is 51.5 Å². The summed E-state index contributed by atoms with van der Waals surface area (Å²) in [4.78, 5) is 16.8. The molecular formula is C19H27N3O6S. The van der Waals surface area contributed by atoms with Gasteiger partial charge in [-0.15, -0.1) is 0 Å². The number of hydrogen-bond donors (Lipinski definition) is 1. The molecular weight excluding hydrogens is 398 g/mol. The number of sulfone groups is 1. The number of rotatable bonds is 7. The maximum absolute atomic E-state index is 12.8. The third-order valence-corrected chi connectivity index (χ3v) is 8.08. The molecule has 10 heteroatoms. The van der Waals surface area contributed by atoms with Gasteiger partial charge in [0.25, 0.3) is 0 Å². The highest BCUT2D eigenvalue weighted by Gasteiger charge is 2.43. The van der Waals surface area contributed by atoms with Gasteiger partial charge in [0.05, 0.1) is 29.7 Å². The average Bonchev–Trinajstić information content (AvgIpc) is 3.36. The molecule has 0 saturated carbocycles. The Labute approximate surface area is 170 Å². The van der Waals surface area contributed by atoms with Gasteiger partial charge in [-0.1, -0.05) is 5.16 Å². The van der Waals surface area contributed by atoms with E-state index in [4.69, 9.17) is 13.7 Å². The van der Waals surface area contributed by atoms with Gasteiger partial charge in [-0.2, -0.15) is 0 Å². The van der Waals surface area contributed by atoms with Crippen LogP contribution in [0, 0.1) is 12.8 Å². The fourth-order valence-electron chi connectivity index (χ4n) is 3.04. The fourth-order valence-corrected chi connectivity index (χ4v) is 4.68. The van der Waals surface area contributed by atoms with Gasteiger partial charge in [0.2, 0.25) is 11.8 Å². The van der Waals surface area contributed by atoms with E-state index in [-0.39, 0.29) is 17.6 Å². The summed E-state index contributed by atoms with van der Waals surface area (Å²) < 4.78 is 40.1. The standard InChI is InChI=1S/C19H27N3O6S/c1-12-20-9-15(27-12)18(2,3)14-8-16(28-22-14)21-17(23)19(4,5)29(24,25)11-13-6-7-26-10-13/h8-9,13H,6-7,10-11H2,1-5H3,(H,21,23)/t13-/m0/s1. The number of hydrogen-bond acceptors (Lipinski definition) is 8. The second kappa shape index (κ2) is 7.56. The van der Waals surface area contributed by atoms with E-state index in [2.05, 4.69) is 15.5 Å². The van der Waals surface area contributed by atoms with E-state index in [1.165, 1.54) is 13.8 Å². The molecule has 3 rings (SSSR count). The molecule has 0 aliphatic carbocycles. The minimum absolute atomic E-state index is 0.0711. The number of anilines is 1. The molecule has 160 valence electrons. The van der Waals surface area contributed by atoms with Crippen LogP contribution in [0.15, 0.2) is 21.2 Å². The molecule has 1 saturated heterocycles. The third-order valence-electron chi connectivity index (χ3n) is 5.43. The van der Waals surface area contributed by atoms with Gasteiger partial charge in [0, 0.05) is 19.6 Å². The van der Waals surface area contributed by atoms with Crippen LogP contribution in [0.5, 0.6) is 0 Å². The second-order valence-corrected chi connectivity index (χ2v) is 11.0. The monoisotopic (exact) mass is 425 g/mol. The lowest BCUT2D eigenvalue weighted by atomic mass is 9.87. The quantitative estimate of drug-likeness (QED) is 0.717. The van der Waals surface area contributed by atoms with Gasteiger partial charge < -0.3 is 13.7 Å². The van der Waals surface area contributed by atoms with Gasteiger partial charge in [-0.3, -0.25) is 10.1 Å². The Morgan fingerprint density at radius 1 is 1.31 bits per heavy atom. The van der Waals surface area contributed by atoms with E-state index in [0.717, 1.165) is 0 Å². The molecule has 0 aromatic carbocycles. The van der Waals surface area contributed by atoms with Crippen LogP contribution in [-0.2, 0) is 24.8 Å². The minimum Gasteiger partial charge on any atom is -0.445 e. The Morgan fingerprint density at radius 3 is 2.62 bits per heavy atom. The first-order valence-electron chi connectivity index (χ1n) is 9.45. The van der Waals surface area contributed by atoms with Crippen molar-refractivity contribution < 1.29 is 26.9 Å². The van der Waals surface area contributed by atoms with E-state index in [1.54, 1.807) is 19.2 Å². The highest BCUT2D eigenvalue weighted by molar-refractivity contribution is 7.93. The van der Waals surface area contributed by atoms with Gasteiger partial charge in [0.1, 0.15) is 10.5 Å². The highest BCUT2D eigenvalue weighted by Crippen LogP contribution is 2.33. The van der Waals surface area contributed by atoms with Crippen molar-refractivity contribution in [1.29, 1.82) is 0 Å². The normalized spacial score (nSPS) is 18.2. The van der Waals surface area contributed by atoms with E-state index in [9.17, 15) is 13.2 Å². The third kappa shape index (κ3) is 4.23. The Hall–Kier alpha value is -2.20. The van der Waals surface area contributed by atoms with Gasteiger partial charge in [-0.05, 0) is 40.0 Å². The predicted molar refractivity (Wildman–Crippen MR) is 105 cm³/mol. The maximum Gasteiger partial charge on any atom is 0.247 e. The number of nitrogens with zero attached hydrogens (tertiary/aromatic N) is 2. The number of amides is 1. The van der Waals surface area contributed by atoms with Gasteiger partial charge >= 0.3 is 0 Å². The highest BCUT2D eigenvalue weighted by atomic mass is 32.2. The zero-order valence-electron chi connectivity index (χ0n) is 17.3. The van der Waals surface area contributed by atoms with Crippen LogP contribution in [0.4, 0.5) is 5.88 Å². The molecule has 2 aromatic heterocycles. The maximum atomic E-state index is 12.8. The van der Waals surface area contributed by atoms with E-state index in [1.807, 2.05) is 13.8 Å². The van der Waals surface area contributed by atoms with E-state index < -0.39 is 25.9 Å². The molecule has 0 radical (unpaired) electrons. The van der Waals surface area contributed by atoms with Crippen molar-refractivity contribution in [1.82, 2.24) is 10.1 Å². The summed E-state index contributed by atoms with van der Waals surface area (Å²) in [6.07, 6.45) is 2.29. The molecule has 0 bridgehead atoms. The SMILES string of the molecule is Cc1ncc(C(C)(C)c2cc(NC(=O)C(C)(C)S(=O)(=O)C[C@H]3CCOC3)on2)o1. The molecule has 1 aliphatic rings. The lowest BCUT2D eigenvalue weighted by molar-refractivity contribution is -0.118. The molecule has 0 spiro atoms. The van der Waals surface area contributed by atoms with Crippen molar-refractivity contribution in [3.05, 3.63) is 29.6 Å². The van der Waals surface area contributed by atoms with Gasteiger partial charge in [0.15, 0.2) is 15.7 Å². The van der Waals surface area contributed by atoms with Crippen molar-refractivity contribution in [2.45, 2.75) is 51.2 Å². The smallest absolute Gasteiger partial charge is 0.247 e. The molecule has 2 aromatic rings. The van der Waals surface area contributed by atoms with Crippen molar-refractivity contribution in [3.63, 3.8) is 0 Å². The zero-order valence-corrected chi connectivity index (χ0v) is 18.1. The minimum atomic E-state index is -3.70. The molecule has 29 heavy (non-hydrogen) atoms. The summed E-state index contributed by atoms with van der Waals surface area (Å²) in [5.41, 5.74) is -0.120. The van der Waals surface area contributed by atoms with Crippen molar-refractivity contribution in [2.24, 2.45) is 5.92 Å². The topological polar surface area (TPSA) is 125 Å². The molecule has 1 atom stereocenters. The largest absolute Gasteiger partial charge is 0.445 e. The number of carbonyl (C=O) groups is 1. The lowest BCUT2D eigenvalue weighted by Gasteiger charge is -2.24. The molecule has 9 nitrogen and oxygen atoms in total. The Kier molecular flexibility index (Phi) is 5.61. The Morgan fingerprint density at radius 2 is 2.03 bits per heavy atom. The first-order valence-corrected chi connectivity index (χ1v) is 11.1. The number of ether oxygens (including phenoxy) is 1. The van der Waals surface area contributed by atoms with Crippen LogP contribution in [0.2, 0.25) is 0 Å². The van der Waals surface area contributed by atoms with E-state index in [0.29, 0.717) is 37.0 Å². The molecule has 1 amide bonds. The van der Waals surface area contributed by atoms with Crippen LogP contribution in [0.3, 0.4) is 0 Å². The van der Waals surface area contributed by atoms with Crippen molar-refractivity contribution in [2.75, 3.05) is 24.3 Å². The van der Waals surface area contributed by atoms with Crippen LogP contribution < -0.4 is 5.32 Å². The molecule has 0 unspecified atom stereocenters. The van der Waals surface area contributed by atoms with Crippen molar-refractivity contribution >= 4 is 21.6 Å². The number of aryl methyl sites for hydroxylation is 1. The lowest BCUT2D eigenvalue weighted by Crippen LogP contribution is -2.46. The number of aromatic nitrogens is 2. The van der Waals surface area contributed by atoms with Crippen molar-refractivity contribution in [3.8, 4) is 0 Å². The number of nitrogens with one attached hydrogen (secondary N) is 1. The first kappa shape index (κ1) is 21.5. The number of carbonyl (C=O) groups excluding carboxylic acids is 1. The zero-order chi connectivity index (χ0) is 21.4. The summed E-state index contributed by atoms with van der Waals surface area (Å²) >= 11 is 0. The Balaban J connectivity index is 1.73. The molecule has 1 aliphatic heterocycles. The second-order valence-electron chi connectivity index (χ2n) is 8.42. The Bertz CT molecular complexity index is 983. The van der Waals surface area contributed by atoms with Gasteiger partial charge in [-0.25, -0.2) is 13.4 Å². The summed E-state index contributed by atoms with van der Waals surface area (Å²) in [6.45, 7) is 9.25. The fraction of sp³-hybridized carbons (Fsp3) is 0.632. The van der Waals surface area contributed by atoms with Crippen LogP contribution >= 0.6 is 0 Å². The summed E-state index contributed by atoms with van der Waals surface area (Å²) in [7, 11) is -3.70. The molecule has 1 fully saturated rings. The molecule has 3 heterocycles. The summed E-state index contributed by atoms with van der Waals surface area (Å²) in [5, 5.41) is 6.55. The predicted octanol–water partition coefficient (Wildman–Crippen LogP) is 2.47.